The highest BCUT2D eigenvalue weighted by Crippen LogP contribution is 2.22. The molecule has 0 spiro atoms. The normalized spacial score (nSPS) is 23.6. The van der Waals surface area contributed by atoms with Crippen molar-refractivity contribution in [3.63, 3.8) is 0 Å². The van der Waals surface area contributed by atoms with Gasteiger partial charge in [0.2, 0.25) is 5.88 Å². The smallest absolute Gasteiger partial charge is 0.267 e. The summed E-state index contributed by atoms with van der Waals surface area (Å²) in [5.74, 6) is -0.0623. The van der Waals surface area contributed by atoms with Gasteiger partial charge >= 0.3 is 0 Å². The van der Waals surface area contributed by atoms with Crippen LogP contribution < -0.4 is 15.8 Å². The molecule has 1 aromatic rings. The van der Waals surface area contributed by atoms with Crippen molar-refractivity contribution in [1.82, 2.24) is 10.3 Å². The van der Waals surface area contributed by atoms with Crippen LogP contribution in [0.3, 0.4) is 0 Å². The van der Waals surface area contributed by atoms with Crippen molar-refractivity contribution in [3.05, 3.63) is 23.9 Å². The Bertz CT molecular complexity index is 422. The Kier molecular flexibility index (Phi) is 4.15. The Morgan fingerprint density at radius 3 is 2.94 bits per heavy atom. The molecule has 18 heavy (non-hydrogen) atoms. The molecule has 1 fully saturated rings. The predicted octanol–water partition coefficient (Wildman–Crippen LogP) is 1.09. The number of nitrogens with two attached hydrogens (primary N) is 1. The molecule has 0 saturated heterocycles. The second-order valence-electron chi connectivity index (χ2n) is 4.56. The van der Waals surface area contributed by atoms with Crippen LogP contribution in [0.25, 0.3) is 0 Å². The van der Waals surface area contributed by atoms with Gasteiger partial charge in [0.25, 0.3) is 5.91 Å². The molecule has 2 atom stereocenters. The van der Waals surface area contributed by atoms with E-state index in [-0.39, 0.29) is 11.8 Å². The molecule has 0 radical (unpaired) electrons. The first-order chi connectivity index (χ1) is 8.70. The molecule has 1 aliphatic carbocycles. The molecular formula is C13H19N3O2. The topological polar surface area (TPSA) is 77.2 Å². The van der Waals surface area contributed by atoms with E-state index in [1.165, 1.54) is 12.8 Å². The van der Waals surface area contributed by atoms with Gasteiger partial charge in [-0.25, -0.2) is 4.98 Å². The summed E-state index contributed by atoms with van der Waals surface area (Å²) >= 11 is 0. The van der Waals surface area contributed by atoms with E-state index >= 15 is 0 Å². The molecule has 98 valence electrons. The van der Waals surface area contributed by atoms with E-state index in [0.717, 1.165) is 12.8 Å². The minimum Gasteiger partial charge on any atom is -0.473 e. The third-order valence-electron chi connectivity index (χ3n) is 3.32. The van der Waals surface area contributed by atoms with Crippen molar-refractivity contribution in [2.75, 3.05) is 7.05 Å². The van der Waals surface area contributed by atoms with E-state index in [9.17, 15) is 4.79 Å². The van der Waals surface area contributed by atoms with Crippen molar-refractivity contribution in [3.8, 4) is 5.88 Å². The number of pyridine rings is 1. The average Bonchev–Trinajstić information content (AvgIpc) is 2.39. The van der Waals surface area contributed by atoms with Gasteiger partial charge in [-0.15, -0.1) is 0 Å². The molecule has 2 unspecified atom stereocenters. The van der Waals surface area contributed by atoms with Gasteiger partial charge in [0.05, 0.1) is 0 Å². The lowest BCUT2D eigenvalue weighted by Crippen LogP contribution is -2.43. The van der Waals surface area contributed by atoms with Crippen LogP contribution in [0.2, 0.25) is 0 Å². The summed E-state index contributed by atoms with van der Waals surface area (Å²) in [4.78, 5) is 15.2. The number of aromatic nitrogens is 1. The third-order valence-corrected chi connectivity index (χ3v) is 3.32. The number of ether oxygens (including phenoxy) is 1. The number of carbonyl (C=O) groups is 1. The SMILES string of the molecule is CNC1CCCCC1Oc1cccc(C(N)=O)n1. The molecule has 3 N–H and O–H groups in total. The van der Waals surface area contributed by atoms with Gasteiger partial charge in [0, 0.05) is 12.1 Å². The maximum Gasteiger partial charge on any atom is 0.267 e. The van der Waals surface area contributed by atoms with Gasteiger partial charge in [0.15, 0.2) is 0 Å². The Morgan fingerprint density at radius 1 is 1.44 bits per heavy atom. The van der Waals surface area contributed by atoms with Gasteiger partial charge in [-0.05, 0) is 32.4 Å². The zero-order valence-electron chi connectivity index (χ0n) is 10.6. The first kappa shape index (κ1) is 12.8. The van der Waals surface area contributed by atoms with Gasteiger partial charge in [0.1, 0.15) is 11.8 Å². The molecule has 1 saturated carbocycles. The van der Waals surface area contributed by atoms with E-state index in [1.54, 1.807) is 18.2 Å². The maximum atomic E-state index is 11.1. The molecule has 1 amide bonds. The molecule has 1 heterocycles. The number of hydrogen-bond acceptors (Lipinski definition) is 4. The standard InChI is InChI=1S/C13H19N3O2/c1-15-9-5-2-3-7-11(9)18-12-8-4-6-10(16-12)13(14)17/h4,6,8-9,11,15H,2-3,5,7H2,1H3,(H2,14,17). The molecule has 5 nitrogen and oxygen atoms in total. The summed E-state index contributed by atoms with van der Waals surface area (Å²) in [6, 6.07) is 5.43. The van der Waals surface area contributed by atoms with Crippen LogP contribution in [-0.4, -0.2) is 30.1 Å². The quantitative estimate of drug-likeness (QED) is 0.837. The van der Waals surface area contributed by atoms with Gasteiger partial charge in [-0.3, -0.25) is 4.79 Å². The first-order valence-corrected chi connectivity index (χ1v) is 6.31. The van der Waals surface area contributed by atoms with Gasteiger partial charge in [-0.1, -0.05) is 12.5 Å². The lowest BCUT2D eigenvalue weighted by atomic mass is 9.92. The fraction of sp³-hybridized carbons (Fsp3) is 0.538. The van der Waals surface area contributed by atoms with E-state index < -0.39 is 5.91 Å². The van der Waals surface area contributed by atoms with Crippen molar-refractivity contribution < 1.29 is 9.53 Å². The van der Waals surface area contributed by atoms with Crippen molar-refractivity contribution in [2.24, 2.45) is 5.73 Å². The van der Waals surface area contributed by atoms with Crippen molar-refractivity contribution in [1.29, 1.82) is 0 Å². The molecular weight excluding hydrogens is 230 g/mol. The fourth-order valence-corrected chi connectivity index (χ4v) is 2.34. The molecule has 5 heteroatoms. The van der Waals surface area contributed by atoms with Crippen molar-refractivity contribution in [2.45, 2.75) is 37.8 Å². The fourth-order valence-electron chi connectivity index (χ4n) is 2.34. The first-order valence-electron chi connectivity index (χ1n) is 6.31. The number of nitrogens with zero attached hydrogens (tertiary/aromatic N) is 1. The van der Waals surface area contributed by atoms with Crippen LogP contribution in [0.5, 0.6) is 5.88 Å². The average molecular weight is 249 g/mol. The number of rotatable bonds is 4. The minimum absolute atomic E-state index is 0.111. The van der Waals surface area contributed by atoms with E-state index in [2.05, 4.69) is 10.3 Å². The molecule has 1 aliphatic rings. The summed E-state index contributed by atoms with van der Waals surface area (Å²) in [6.07, 6.45) is 4.61. The van der Waals surface area contributed by atoms with Crippen LogP contribution in [0.4, 0.5) is 0 Å². The minimum atomic E-state index is -0.533. The van der Waals surface area contributed by atoms with Crippen LogP contribution in [0.15, 0.2) is 18.2 Å². The summed E-state index contributed by atoms with van der Waals surface area (Å²) in [5, 5.41) is 3.27. The molecule has 1 aromatic heterocycles. The summed E-state index contributed by atoms with van der Waals surface area (Å²) in [6.45, 7) is 0. The molecule has 0 aromatic carbocycles. The third kappa shape index (κ3) is 2.98. The number of primary amides is 1. The monoisotopic (exact) mass is 249 g/mol. The number of carbonyl (C=O) groups excluding carboxylic acids is 1. The van der Waals surface area contributed by atoms with Crippen molar-refractivity contribution >= 4 is 5.91 Å². The lowest BCUT2D eigenvalue weighted by Gasteiger charge is -2.31. The van der Waals surface area contributed by atoms with Gasteiger partial charge < -0.3 is 15.8 Å². The molecule has 0 aliphatic heterocycles. The Morgan fingerprint density at radius 2 is 2.22 bits per heavy atom. The molecule has 0 bridgehead atoms. The highest BCUT2D eigenvalue weighted by Gasteiger charge is 2.25. The maximum absolute atomic E-state index is 11.1. The van der Waals surface area contributed by atoms with Crippen LogP contribution in [0, 0.1) is 0 Å². The number of nitrogens with one attached hydrogen (secondary N) is 1. The summed E-state index contributed by atoms with van der Waals surface area (Å²) in [5.41, 5.74) is 5.44. The van der Waals surface area contributed by atoms with Crippen LogP contribution in [0.1, 0.15) is 36.2 Å². The summed E-state index contributed by atoms with van der Waals surface area (Å²) < 4.78 is 5.87. The lowest BCUT2D eigenvalue weighted by molar-refractivity contribution is 0.0983. The molecule has 2 rings (SSSR count). The number of hydrogen-bond donors (Lipinski definition) is 2. The second-order valence-corrected chi connectivity index (χ2v) is 4.56. The zero-order valence-corrected chi connectivity index (χ0v) is 10.6. The Labute approximate surface area is 107 Å². The van der Waals surface area contributed by atoms with E-state index in [1.807, 2.05) is 7.05 Å². The second kappa shape index (κ2) is 5.82. The zero-order chi connectivity index (χ0) is 13.0. The summed E-state index contributed by atoms with van der Waals surface area (Å²) in [7, 11) is 1.94. The van der Waals surface area contributed by atoms with Gasteiger partial charge in [-0.2, -0.15) is 0 Å². The largest absolute Gasteiger partial charge is 0.473 e. The van der Waals surface area contributed by atoms with E-state index in [4.69, 9.17) is 10.5 Å². The highest BCUT2D eigenvalue weighted by molar-refractivity contribution is 5.90. The Balaban J connectivity index is 2.07. The van der Waals surface area contributed by atoms with E-state index in [0.29, 0.717) is 11.9 Å². The number of amides is 1. The Hall–Kier alpha value is -1.62. The predicted molar refractivity (Wildman–Crippen MR) is 68.5 cm³/mol. The highest BCUT2D eigenvalue weighted by atomic mass is 16.5. The van der Waals surface area contributed by atoms with Crippen LogP contribution >= 0.6 is 0 Å². The van der Waals surface area contributed by atoms with Crippen LogP contribution in [-0.2, 0) is 0 Å². The number of likely N-dealkylation sites (N-methyl/N-ethyl adjacent to an activating group) is 1.